The summed E-state index contributed by atoms with van der Waals surface area (Å²) in [5.74, 6) is -0.341. The molecular weight excluding hydrogens is 302 g/mol. The van der Waals surface area contributed by atoms with Crippen LogP contribution in [0, 0.1) is 5.92 Å². The van der Waals surface area contributed by atoms with Crippen LogP contribution in [0.2, 0.25) is 0 Å². The SMILES string of the molecule is COCc1ccc(C(=O)NCCN2CCC[C@@H](C(N)=O)C2)s1. The Morgan fingerprint density at radius 2 is 2.32 bits per heavy atom. The molecule has 1 aromatic rings. The number of amides is 2. The summed E-state index contributed by atoms with van der Waals surface area (Å²) in [4.78, 5) is 27.2. The van der Waals surface area contributed by atoms with Crippen LogP contribution in [-0.4, -0.2) is 50.0 Å². The second-order valence-corrected chi connectivity index (χ2v) is 6.67. The van der Waals surface area contributed by atoms with Gasteiger partial charge in [-0.3, -0.25) is 9.59 Å². The molecule has 7 heteroatoms. The minimum absolute atomic E-state index is 0.0571. The zero-order valence-corrected chi connectivity index (χ0v) is 13.7. The van der Waals surface area contributed by atoms with Crippen molar-refractivity contribution in [2.75, 3.05) is 33.3 Å². The number of rotatable bonds is 7. The molecule has 0 bridgehead atoms. The van der Waals surface area contributed by atoms with E-state index in [0.29, 0.717) is 24.6 Å². The van der Waals surface area contributed by atoms with Crippen molar-refractivity contribution < 1.29 is 14.3 Å². The van der Waals surface area contributed by atoms with Crippen molar-refractivity contribution in [3.63, 3.8) is 0 Å². The third-order valence-electron chi connectivity index (χ3n) is 3.79. The highest BCUT2D eigenvalue weighted by molar-refractivity contribution is 7.14. The van der Waals surface area contributed by atoms with E-state index in [2.05, 4.69) is 10.2 Å². The Hall–Kier alpha value is -1.44. The van der Waals surface area contributed by atoms with Gasteiger partial charge in [0.25, 0.3) is 5.91 Å². The number of primary amides is 1. The Kier molecular flexibility index (Phi) is 6.35. The number of thiophene rings is 1. The maximum absolute atomic E-state index is 12.0. The molecule has 1 aliphatic rings. The van der Waals surface area contributed by atoms with Crippen molar-refractivity contribution in [3.05, 3.63) is 21.9 Å². The molecular formula is C15H23N3O3S. The predicted molar refractivity (Wildman–Crippen MR) is 85.7 cm³/mol. The predicted octanol–water partition coefficient (Wildman–Crippen LogP) is 0.822. The van der Waals surface area contributed by atoms with Crippen LogP contribution in [0.5, 0.6) is 0 Å². The van der Waals surface area contributed by atoms with E-state index in [4.69, 9.17) is 10.5 Å². The van der Waals surface area contributed by atoms with Crippen molar-refractivity contribution >= 4 is 23.2 Å². The smallest absolute Gasteiger partial charge is 0.261 e. The highest BCUT2D eigenvalue weighted by Gasteiger charge is 2.23. The van der Waals surface area contributed by atoms with Crippen molar-refractivity contribution in [1.82, 2.24) is 10.2 Å². The molecule has 1 atom stereocenters. The van der Waals surface area contributed by atoms with Crippen molar-refractivity contribution in [1.29, 1.82) is 0 Å². The third kappa shape index (κ3) is 4.79. The van der Waals surface area contributed by atoms with Gasteiger partial charge in [-0.1, -0.05) is 0 Å². The lowest BCUT2D eigenvalue weighted by molar-refractivity contribution is -0.123. The molecule has 1 aliphatic heterocycles. The lowest BCUT2D eigenvalue weighted by Crippen LogP contribution is -2.44. The molecule has 0 aromatic carbocycles. The Morgan fingerprint density at radius 3 is 3.05 bits per heavy atom. The van der Waals surface area contributed by atoms with Gasteiger partial charge < -0.3 is 20.7 Å². The largest absolute Gasteiger partial charge is 0.379 e. The van der Waals surface area contributed by atoms with E-state index in [0.717, 1.165) is 30.8 Å². The van der Waals surface area contributed by atoms with Crippen molar-refractivity contribution in [2.45, 2.75) is 19.4 Å². The summed E-state index contributed by atoms with van der Waals surface area (Å²) in [6, 6.07) is 3.73. The van der Waals surface area contributed by atoms with Crippen LogP contribution >= 0.6 is 11.3 Å². The van der Waals surface area contributed by atoms with E-state index >= 15 is 0 Å². The molecule has 1 aromatic heterocycles. The second kappa shape index (κ2) is 8.26. The van der Waals surface area contributed by atoms with Crippen LogP contribution in [0.4, 0.5) is 0 Å². The molecule has 2 heterocycles. The number of nitrogens with zero attached hydrogens (tertiary/aromatic N) is 1. The minimum atomic E-state index is -0.224. The number of carbonyl (C=O) groups is 2. The van der Waals surface area contributed by atoms with E-state index in [-0.39, 0.29) is 17.7 Å². The van der Waals surface area contributed by atoms with Gasteiger partial charge in [-0.25, -0.2) is 0 Å². The monoisotopic (exact) mass is 325 g/mol. The van der Waals surface area contributed by atoms with Gasteiger partial charge in [-0.05, 0) is 31.5 Å². The van der Waals surface area contributed by atoms with E-state index in [1.165, 1.54) is 11.3 Å². The molecule has 122 valence electrons. The molecule has 2 rings (SSSR count). The maximum Gasteiger partial charge on any atom is 0.261 e. The molecule has 0 saturated carbocycles. The quantitative estimate of drug-likeness (QED) is 0.777. The average molecular weight is 325 g/mol. The normalized spacial score (nSPS) is 19.0. The van der Waals surface area contributed by atoms with Gasteiger partial charge in [-0.2, -0.15) is 0 Å². The maximum atomic E-state index is 12.0. The molecule has 0 aliphatic carbocycles. The van der Waals surface area contributed by atoms with E-state index < -0.39 is 0 Å². The van der Waals surface area contributed by atoms with Crippen LogP contribution in [0.1, 0.15) is 27.4 Å². The van der Waals surface area contributed by atoms with Gasteiger partial charge in [0, 0.05) is 31.6 Å². The van der Waals surface area contributed by atoms with Crippen LogP contribution in [0.15, 0.2) is 12.1 Å². The van der Waals surface area contributed by atoms with Crippen LogP contribution in [-0.2, 0) is 16.1 Å². The number of piperidine rings is 1. The highest BCUT2D eigenvalue weighted by atomic mass is 32.1. The summed E-state index contributed by atoms with van der Waals surface area (Å²) in [6.45, 7) is 3.49. The summed E-state index contributed by atoms with van der Waals surface area (Å²) in [5.41, 5.74) is 5.37. The molecule has 0 radical (unpaired) electrons. The first-order chi connectivity index (χ1) is 10.6. The van der Waals surface area contributed by atoms with Crippen LogP contribution < -0.4 is 11.1 Å². The summed E-state index contributed by atoms with van der Waals surface area (Å²) >= 11 is 1.44. The van der Waals surface area contributed by atoms with Crippen LogP contribution in [0.25, 0.3) is 0 Å². The number of likely N-dealkylation sites (tertiary alicyclic amines) is 1. The third-order valence-corrected chi connectivity index (χ3v) is 4.85. The molecule has 1 saturated heterocycles. The number of hydrogen-bond acceptors (Lipinski definition) is 5. The van der Waals surface area contributed by atoms with Crippen LogP contribution in [0.3, 0.4) is 0 Å². The number of methoxy groups -OCH3 is 1. The molecule has 2 amide bonds. The topological polar surface area (TPSA) is 84.7 Å². The molecule has 0 spiro atoms. The van der Waals surface area contributed by atoms with Gasteiger partial charge in [0.05, 0.1) is 17.4 Å². The zero-order valence-electron chi connectivity index (χ0n) is 12.8. The number of hydrogen-bond donors (Lipinski definition) is 2. The van der Waals surface area contributed by atoms with E-state index in [1.54, 1.807) is 7.11 Å². The van der Waals surface area contributed by atoms with Crippen molar-refractivity contribution in [2.24, 2.45) is 11.7 Å². The van der Waals surface area contributed by atoms with Gasteiger partial charge in [0.2, 0.25) is 5.91 Å². The standard InChI is InChI=1S/C15H23N3O3S/c1-21-10-12-4-5-13(22-12)15(20)17-6-8-18-7-2-3-11(9-18)14(16)19/h4-5,11H,2-3,6-10H2,1H3,(H2,16,19)(H,17,20)/t11-/m1/s1. The summed E-state index contributed by atoms with van der Waals surface area (Å²) in [7, 11) is 1.64. The Balaban J connectivity index is 1.73. The van der Waals surface area contributed by atoms with Crippen molar-refractivity contribution in [3.8, 4) is 0 Å². The van der Waals surface area contributed by atoms with Gasteiger partial charge in [-0.15, -0.1) is 11.3 Å². The first-order valence-corrected chi connectivity index (χ1v) is 8.29. The van der Waals surface area contributed by atoms with Gasteiger partial charge in [0.1, 0.15) is 0 Å². The molecule has 1 fully saturated rings. The number of carbonyl (C=O) groups excluding carboxylic acids is 2. The second-order valence-electron chi connectivity index (χ2n) is 5.50. The number of ether oxygens (including phenoxy) is 1. The fourth-order valence-electron chi connectivity index (χ4n) is 2.63. The molecule has 0 unspecified atom stereocenters. The lowest BCUT2D eigenvalue weighted by atomic mass is 9.97. The average Bonchev–Trinajstić information content (AvgIpc) is 2.96. The Morgan fingerprint density at radius 1 is 1.50 bits per heavy atom. The fourth-order valence-corrected chi connectivity index (χ4v) is 3.52. The summed E-state index contributed by atoms with van der Waals surface area (Å²) < 4.78 is 5.05. The molecule has 22 heavy (non-hydrogen) atoms. The van der Waals surface area contributed by atoms with E-state index in [9.17, 15) is 9.59 Å². The zero-order chi connectivity index (χ0) is 15.9. The lowest BCUT2D eigenvalue weighted by Gasteiger charge is -2.30. The first kappa shape index (κ1) is 16.9. The Labute approximate surface area is 134 Å². The summed E-state index contributed by atoms with van der Waals surface area (Å²) in [5, 5.41) is 2.92. The highest BCUT2D eigenvalue weighted by Crippen LogP contribution is 2.17. The number of nitrogens with two attached hydrogens (primary N) is 1. The Bertz CT molecular complexity index is 518. The van der Waals surface area contributed by atoms with Gasteiger partial charge >= 0.3 is 0 Å². The summed E-state index contributed by atoms with van der Waals surface area (Å²) in [6.07, 6.45) is 1.85. The minimum Gasteiger partial charge on any atom is -0.379 e. The molecule has 3 N–H and O–H groups in total. The number of nitrogens with one attached hydrogen (secondary N) is 1. The van der Waals surface area contributed by atoms with Gasteiger partial charge in [0.15, 0.2) is 0 Å². The van der Waals surface area contributed by atoms with E-state index in [1.807, 2.05) is 12.1 Å². The fraction of sp³-hybridized carbons (Fsp3) is 0.600. The molecule has 6 nitrogen and oxygen atoms in total. The first-order valence-electron chi connectivity index (χ1n) is 7.47.